The first-order valence-electron chi connectivity index (χ1n) is 9.12. The first-order valence-corrected chi connectivity index (χ1v) is 9.12. The van der Waals surface area contributed by atoms with Crippen LogP contribution < -0.4 is 15.6 Å². The van der Waals surface area contributed by atoms with Gasteiger partial charge in [0.25, 0.3) is 11.8 Å². The number of carbonyl (C=O) groups is 2. The van der Waals surface area contributed by atoms with E-state index in [1.165, 1.54) is 18.0 Å². The molecular formula is C20H26N4O3. The lowest BCUT2D eigenvalue weighted by atomic mass is 10.2. The van der Waals surface area contributed by atoms with Gasteiger partial charge in [-0.1, -0.05) is 26.0 Å². The van der Waals surface area contributed by atoms with E-state index in [-0.39, 0.29) is 12.3 Å². The van der Waals surface area contributed by atoms with Crippen molar-refractivity contribution >= 4 is 23.7 Å². The molecule has 144 valence electrons. The number of anilines is 1. The highest BCUT2D eigenvalue weighted by Gasteiger charge is 2.09. The van der Waals surface area contributed by atoms with Crippen molar-refractivity contribution in [1.29, 1.82) is 0 Å². The van der Waals surface area contributed by atoms with Gasteiger partial charge in [-0.2, -0.15) is 5.10 Å². The lowest BCUT2D eigenvalue weighted by Crippen LogP contribution is -2.34. The van der Waals surface area contributed by atoms with E-state index in [9.17, 15) is 9.59 Å². The maximum atomic E-state index is 11.7. The molecule has 7 heteroatoms. The van der Waals surface area contributed by atoms with Gasteiger partial charge in [0, 0.05) is 18.8 Å². The Morgan fingerprint density at radius 3 is 2.41 bits per heavy atom. The fourth-order valence-corrected chi connectivity index (χ4v) is 2.55. The van der Waals surface area contributed by atoms with E-state index in [2.05, 4.69) is 46.7 Å². The van der Waals surface area contributed by atoms with Crippen molar-refractivity contribution in [2.45, 2.75) is 26.7 Å². The highest BCUT2D eigenvalue weighted by atomic mass is 16.3. The highest BCUT2D eigenvalue weighted by Crippen LogP contribution is 2.15. The Kier molecular flexibility index (Phi) is 8.09. The van der Waals surface area contributed by atoms with Gasteiger partial charge in [0.15, 0.2) is 5.76 Å². The Morgan fingerprint density at radius 1 is 1.11 bits per heavy atom. The van der Waals surface area contributed by atoms with Gasteiger partial charge >= 0.3 is 0 Å². The molecule has 0 aliphatic carbocycles. The van der Waals surface area contributed by atoms with Crippen LogP contribution in [0.25, 0.3) is 0 Å². The van der Waals surface area contributed by atoms with Crippen molar-refractivity contribution < 1.29 is 14.0 Å². The first kappa shape index (κ1) is 20.2. The summed E-state index contributed by atoms with van der Waals surface area (Å²) in [6, 6.07) is 11.2. The van der Waals surface area contributed by atoms with Crippen LogP contribution in [0.2, 0.25) is 0 Å². The average Bonchev–Trinajstić information content (AvgIpc) is 3.21. The Labute approximate surface area is 159 Å². The van der Waals surface area contributed by atoms with Crippen LogP contribution in [0, 0.1) is 0 Å². The SMILES string of the molecule is CCCN(CCC)c1ccc(/C=N/NC(=O)CNC(=O)c2ccco2)cc1. The van der Waals surface area contributed by atoms with E-state index in [0.717, 1.165) is 31.5 Å². The molecule has 2 aromatic rings. The van der Waals surface area contributed by atoms with Crippen LogP contribution in [0.5, 0.6) is 0 Å². The summed E-state index contributed by atoms with van der Waals surface area (Å²) in [5, 5.41) is 6.37. The number of hydrazone groups is 1. The average molecular weight is 370 g/mol. The Hall–Kier alpha value is -3.09. The van der Waals surface area contributed by atoms with Gasteiger partial charge in [-0.15, -0.1) is 0 Å². The van der Waals surface area contributed by atoms with Crippen molar-refractivity contribution in [3.05, 3.63) is 54.0 Å². The number of furan rings is 1. The van der Waals surface area contributed by atoms with Crippen LogP contribution in [0.15, 0.2) is 52.2 Å². The van der Waals surface area contributed by atoms with Crippen molar-refractivity contribution in [2.24, 2.45) is 5.10 Å². The van der Waals surface area contributed by atoms with E-state index in [1.54, 1.807) is 12.3 Å². The van der Waals surface area contributed by atoms with Gasteiger partial charge in [-0.05, 0) is 42.7 Å². The van der Waals surface area contributed by atoms with Crippen LogP contribution in [0.3, 0.4) is 0 Å². The number of nitrogens with zero attached hydrogens (tertiary/aromatic N) is 2. The summed E-state index contributed by atoms with van der Waals surface area (Å²) in [5.41, 5.74) is 4.45. The molecule has 1 aromatic heterocycles. The standard InChI is InChI=1S/C20H26N4O3/c1-3-11-24(12-4-2)17-9-7-16(8-10-17)14-22-23-19(25)15-21-20(26)18-6-5-13-27-18/h5-10,13-14H,3-4,11-12,15H2,1-2H3,(H,21,26)(H,23,25)/b22-14+. The predicted octanol–water partition coefficient (Wildman–Crippen LogP) is 2.79. The fraction of sp³-hybridized carbons (Fsp3) is 0.350. The summed E-state index contributed by atoms with van der Waals surface area (Å²) in [6.07, 6.45) is 5.17. The van der Waals surface area contributed by atoms with Crippen molar-refractivity contribution in [1.82, 2.24) is 10.7 Å². The van der Waals surface area contributed by atoms with Gasteiger partial charge in [0.2, 0.25) is 0 Å². The monoisotopic (exact) mass is 370 g/mol. The smallest absolute Gasteiger partial charge is 0.287 e. The molecule has 0 unspecified atom stereocenters. The Morgan fingerprint density at radius 2 is 1.81 bits per heavy atom. The molecule has 0 aliphatic rings. The van der Waals surface area contributed by atoms with Crippen LogP contribution in [-0.4, -0.2) is 37.7 Å². The van der Waals surface area contributed by atoms with Crippen LogP contribution >= 0.6 is 0 Å². The summed E-state index contributed by atoms with van der Waals surface area (Å²) in [7, 11) is 0. The topological polar surface area (TPSA) is 86.9 Å². The zero-order valence-electron chi connectivity index (χ0n) is 15.8. The second-order valence-electron chi connectivity index (χ2n) is 6.03. The zero-order chi connectivity index (χ0) is 19.5. The summed E-state index contributed by atoms with van der Waals surface area (Å²) in [4.78, 5) is 25.7. The summed E-state index contributed by atoms with van der Waals surface area (Å²) >= 11 is 0. The molecule has 0 atom stereocenters. The minimum absolute atomic E-state index is 0.159. The molecule has 2 rings (SSSR count). The van der Waals surface area contributed by atoms with E-state index >= 15 is 0 Å². The van der Waals surface area contributed by atoms with Gasteiger partial charge in [-0.3, -0.25) is 9.59 Å². The molecule has 27 heavy (non-hydrogen) atoms. The lowest BCUT2D eigenvalue weighted by Gasteiger charge is -2.23. The van der Waals surface area contributed by atoms with E-state index < -0.39 is 11.8 Å². The second-order valence-corrected chi connectivity index (χ2v) is 6.03. The van der Waals surface area contributed by atoms with Gasteiger partial charge in [-0.25, -0.2) is 5.43 Å². The Bertz CT molecular complexity index is 733. The third kappa shape index (κ3) is 6.62. The molecule has 1 heterocycles. The molecule has 0 radical (unpaired) electrons. The molecular weight excluding hydrogens is 344 g/mol. The van der Waals surface area contributed by atoms with Crippen molar-refractivity contribution in [3.63, 3.8) is 0 Å². The Balaban J connectivity index is 1.79. The fourth-order valence-electron chi connectivity index (χ4n) is 2.55. The molecule has 0 fully saturated rings. The van der Waals surface area contributed by atoms with E-state index in [0.29, 0.717) is 0 Å². The largest absolute Gasteiger partial charge is 0.459 e. The highest BCUT2D eigenvalue weighted by molar-refractivity contribution is 5.94. The number of hydrogen-bond donors (Lipinski definition) is 2. The first-order chi connectivity index (χ1) is 13.1. The quantitative estimate of drug-likeness (QED) is 0.497. The third-order valence-electron chi connectivity index (χ3n) is 3.80. The van der Waals surface area contributed by atoms with Crippen molar-refractivity contribution in [3.8, 4) is 0 Å². The molecule has 0 saturated heterocycles. The number of rotatable bonds is 10. The van der Waals surface area contributed by atoms with Crippen LogP contribution in [0.1, 0.15) is 42.8 Å². The molecule has 0 bridgehead atoms. The minimum atomic E-state index is -0.446. The summed E-state index contributed by atoms with van der Waals surface area (Å²) in [5.74, 6) is -0.704. The van der Waals surface area contributed by atoms with Crippen LogP contribution in [0.4, 0.5) is 5.69 Å². The maximum Gasteiger partial charge on any atom is 0.287 e. The number of nitrogens with one attached hydrogen (secondary N) is 2. The molecule has 1 aromatic carbocycles. The third-order valence-corrected chi connectivity index (χ3v) is 3.80. The molecule has 2 amide bonds. The van der Waals surface area contributed by atoms with Gasteiger partial charge in [0.1, 0.15) is 0 Å². The number of benzene rings is 1. The van der Waals surface area contributed by atoms with Crippen LogP contribution in [-0.2, 0) is 4.79 Å². The van der Waals surface area contributed by atoms with E-state index in [1.807, 2.05) is 12.1 Å². The van der Waals surface area contributed by atoms with E-state index in [4.69, 9.17) is 4.42 Å². The normalized spacial score (nSPS) is 10.7. The maximum absolute atomic E-state index is 11.7. The van der Waals surface area contributed by atoms with Crippen molar-refractivity contribution in [2.75, 3.05) is 24.5 Å². The number of amides is 2. The molecule has 0 spiro atoms. The summed E-state index contributed by atoms with van der Waals surface area (Å²) < 4.78 is 4.95. The lowest BCUT2D eigenvalue weighted by molar-refractivity contribution is -0.120. The molecule has 0 aliphatic heterocycles. The summed E-state index contributed by atoms with van der Waals surface area (Å²) in [6.45, 7) is 6.22. The van der Waals surface area contributed by atoms with Gasteiger partial charge in [0.05, 0.1) is 19.0 Å². The molecule has 2 N–H and O–H groups in total. The minimum Gasteiger partial charge on any atom is -0.459 e. The second kappa shape index (κ2) is 10.8. The number of hydrogen-bond acceptors (Lipinski definition) is 5. The van der Waals surface area contributed by atoms with Gasteiger partial charge < -0.3 is 14.6 Å². The predicted molar refractivity (Wildman–Crippen MR) is 106 cm³/mol. The zero-order valence-corrected chi connectivity index (χ0v) is 15.8. The number of carbonyl (C=O) groups excluding carboxylic acids is 2. The molecule has 7 nitrogen and oxygen atoms in total. The molecule has 0 saturated carbocycles.